The normalized spacial score (nSPS) is 15.7. The summed E-state index contributed by atoms with van der Waals surface area (Å²) in [4.78, 5) is 10.9. The molecule has 0 aliphatic heterocycles. The van der Waals surface area contributed by atoms with Crippen LogP contribution in [0.3, 0.4) is 0 Å². The van der Waals surface area contributed by atoms with Crippen LogP contribution in [0.5, 0.6) is 0 Å². The number of rotatable bonds is 4. The lowest BCUT2D eigenvalue weighted by atomic mass is 9.93. The zero-order chi connectivity index (χ0) is 10.7. The number of carbonyl (C=O) groups is 1. The van der Waals surface area contributed by atoms with Crippen LogP contribution in [0.25, 0.3) is 0 Å². The highest BCUT2D eigenvalue weighted by Gasteiger charge is 2.20. The molecule has 0 atom stereocenters. The largest absolute Gasteiger partial charge is 0.347 e. The fourth-order valence-corrected chi connectivity index (χ4v) is 1.47. The van der Waals surface area contributed by atoms with Crippen molar-refractivity contribution in [3.05, 3.63) is 24.5 Å². The van der Waals surface area contributed by atoms with Crippen molar-refractivity contribution in [2.75, 3.05) is 0 Å². The van der Waals surface area contributed by atoms with Gasteiger partial charge >= 0.3 is 0 Å². The zero-order valence-corrected chi connectivity index (χ0v) is 8.52. The molecule has 0 radical (unpaired) electrons. The maximum absolute atomic E-state index is 10.9. The van der Waals surface area contributed by atoms with Gasteiger partial charge in [-0.1, -0.05) is 11.8 Å². The summed E-state index contributed by atoms with van der Waals surface area (Å²) >= 11 is 0. The van der Waals surface area contributed by atoms with Crippen molar-refractivity contribution >= 4 is 5.91 Å². The van der Waals surface area contributed by atoms with Gasteiger partial charge in [0.15, 0.2) is 0 Å². The molecule has 5 heteroatoms. The summed E-state index contributed by atoms with van der Waals surface area (Å²) in [6.07, 6.45) is 6.78. The molecule has 1 aliphatic rings. The highest BCUT2D eigenvalue weighted by atomic mass is 16.1. The third-order valence-corrected chi connectivity index (χ3v) is 2.64. The Balaban J connectivity index is 1.89. The summed E-state index contributed by atoms with van der Waals surface area (Å²) in [6.45, 7) is 3.79. The average molecular weight is 206 g/mol. The molecule has 0 aromatic carbocycles. The fourth-order valence-electron chi connectivity index (χ4n) is 1.47. The van der Waals surface area contributed by atoms with E-state index in [9.17, 15) is 4.79 Å². The third-order valence-electron chi connectivity index (χ3n) is 2.64. The van der Waals surface area contributed by atoms with Crippen molar-refractivity contribution in [1.29, 1.82) is 0 Å². The Labute approximate surface area is 88.2 Å². The number of amides is 1. The smallest absolute Gasteiger partial charge is 0.243 e. The van der Waals surface area contributed by atoms with Crippen molar-refractivity contribution in [3.63, 3.8) is 0 Å². The molecule has 5 nitrogen and oxygen atoms in total. The highest BCUT2D eigenvalue weighted by molar-refractivity contribution is 5.86. The van der Waals surface area contributed by atoms with E-state index in [1.807, 2.05) is 10.9 Å². The molecule has 1 N–H and O–H groups in total. The van der Waals surface area contributed by atoms with E-state index >= 15 is 0 Å². The summed E-state index contributed by atoms with van der Waals surface area (Å²) in [6, 6.07) is 0.515. The monoisotopic (exact) mass is 206 g/mol. The minimum absolute atomic E-state index is 0.187. The van der Waals surface area contributed by atoms with E-state index in [1.165, 1.54) is 25.3 Å². The molecule has 0 bridgehead atoms. The molecular formula is C10H14N4O. The van der Waals surface area contributed by atoms with Crippen molar-refractivity contribution in [2.45, 2.75) is 31.8 Å². The molecule has 2 rings (SSSR count). The quantitative estimate of drug-likeness (QED) is 0.741. The molecule has 1 fully saturated rings. The van der Waals surface area contributed by atoms with Crippen LogP contribution in [0, 0.1) is 0 Å². The Morgan fingerprint density at radius 1 is 1.73 bits per heavy atom. The first-order valence-electron chi connectivity index (χ1n) is 5.10. The van der Waals surface area contributed by atoms with Crippen LogP contribution in [0.15, 0.2) is 18.9 Å². The summed E-state index contributed by atoms with van der Waals surface area (Å²) in [5.74, 6) is -0.187. The number of hydrogen-bond donors (Lipinski definition) is 1. The van der Waals surface area contributed by atoms with Crippen molar-refractivity contribution < 1.29 is 4.79 Å². The van der Waals surface area contributed by atoms with Crippen LogP contribution in [0.2, 0.25) is 0 Å². The second-order valence-electron chi connectivity index (χ2n) is 3.70. The minimum atomic E-state index is -0.187. The number of carbonyl (C=O) groups excluding carboxylic acids is 1. The summed E-state index contributed by atoms with van der Waals surface area (Å²) < 4.78 is 1.89. The lowest BCUT2D eigenvalue weighted by molar-refractivity contribution is -0.116. The molecule has 0 spiro atoms. The van der Waals surface area contributed by atoms with Crippen LogP contribution in [0.1, 0.15) is 31.0 Å². The van der Waals surface area contributed by atoms with Crippen LogP contribution < -0.4 is 5.32 Å². The molecule has 1 heterocycles. The third kappa shape index (κ3) is 2.23. The minimum Gasteiger partial charge on any atom is -0.347 e. The molecular weight excluding hydrogens is 192 g/mol. The predicted molar refractivity (Wildman–Crippen MR) is 55.0 cm³/mol. The van der Waals surface area contributed by atoms with Gasteiger partial charge in [0.25, 0.3) is 0 Å². The van der Waals surface area contributed by atoms with Gasteiger partial charge in [0.1, 0.15) is 5.69 Å². The van der Waals surface area contributed by atoms with Gasteiger partial charge in [0.2, 0.25) is 5.91 Å². The van der Waals surface area contributed by atoms with E-state index in [2.05, 4.69) is 22.2 Å². The van der Waals surface area contributed by atoms with E-state index in [1.54, 1.807) is 0 Å². The summed E-state index contributed by atoms with van der Waals surface area (Å²) in [7, 11) is 0. The highest BCUT2D eigenvalue weighted by Crippen LogP contribution is 2.30. The molecule has 1 aromatic rings. The second kappa shape index (κ2) is 4.25. The first kappa shape index (κ1) is 9.89. The van der Waals surface area contributed by atoms with Crippen molar-refractivity contribution in [1.82, 2.24) is 20.3 Å². The van der Waals surface area contributed by atoms with Crippen LogP contribution in [-0.4, -0.2) is 20.9 Å². The molecule has 1 aromatic heterocycles. The molecule has 1 amide bonds. The fraction of sp³-hybridized carbons (Fsp3) is 0.500. The van der Waals surface area contributed by atoms with Gasteiger partial charge in [-0.15, -0.1) is 5.10 Å². The van der Waals surface area contributed by atoms with E-state index in [4.69, 9.17) is 0 Å². The van der Waals surface area contributed by atoms with Crippen molar-refractivity contribution in [2.24, 2.45) is 0 Å². The Bertz CT molecular complexity index is 367. The first-order chi connectivity index (χ1) is 7.29. The molecule has 0 unspecified atom stereocenters. The standard InChI is InChI=1S/C10H14N4O/c1-2-10(15)11-6-8-7-14(13-12-8)9-4-3-5-9/h2,7,9H,1,3-6H2,(H,11,15). The Morgan fingerprint density at radius 2 is 2.53 bits per heavy atom. The molecule has 1 saturated carbocycles. The Morgan fingerprint density at radius 3 is 3.13 bits per heavy atom. The maximum atomic E-state index is 10.9. The predicted octanol–water partition coefficient (Wildman–Crippen LogP) is 0.805. The summed E-state index contributed by atoms with van der Waals surface area (Å²) in [5.41, 5.74) is 0.789. The number of hydrogen-bond acceptors (Lipinski definition) is 3. The van der Waals surface area contributed by atoms with E-state index in [0.717, 1.165) is 5.69 Å². The van der Waals surface area contributed by atoms with Gasteiger partial charge in [-0.3, -0.25) is 4.79 Å². The van der Waals surface area contributed by atoms with Gasteiger partial charge in [0, 0.05) is 0 Å². The Hall–Kier alpha value is -1.65. The first-order valence-corrected chi connectivity index (χ1v) is 5.10. The number of nitrogens with zero attached hydrogens (tertiary/aromatic N) is 3. The van der Waals surface area contributed by atoms with Crippen LogP contribution >= 0.6 is 0 Å². The number of aromatic nitrogens is 3. The van der Waals surface area contributed by atoms with Gasteiger partial charge < -0.3 is 5.32 Å². The molecule has 0 saturated heterocycles. The van der Waals surface area contributed by atoms with E-state index in [-0.39, 0.29) is 5.91 Å². The van der Waals surface area contributed by atoms with E-state index < -0.39 is 0 Å². The van der Waals surface area contributed by atoms with Crippen LogP contribution in [0.4, 0.5) is 0 Å². The van der Waals surface area contributed by atoms with Crippen LogP contribution in [-0.2, 0) is 11.3 Å². The lowest BCUT2D eigenvalue weighted by Gasteiger charge is -2.24. The van der Waals surface area contributed by atoms with Gasteiger partial charge in [-0.25, -0.2) is 4.68 Å². The van der Waals surface area contributed by atoms with E-state index in [0.29, 0.717) is 12.6 Å². The topological polar surface area (TPSA) is 59.8 Å². The molecule has 80 valence electrons. The Kier molecular flexibility index (Phi) is 2.80. The van der Waals surface area contributed by atoms with Gasteiger partial charge in [-0.05, 0) is 25.3 Å². The molecule has 1 aliphatic carbocycles. The SMILES string of the molecule is C=CC(=O)NCc1cn(C2CCC2)nn1. The molecule has 15 heavy (non-hydrogen) atoms. The summed E-state index contributed by atoms with van der Waals surface area (Å²) in [5, 5.41) is 10.7. The number of nitrogens with one attached hydrogen (secondary N) is 1. The maximum Gasteiger partial charge on any atom is 0.243 e. The van der Waals surface area contributed by atoms with Crippen molar-refractivity contribution in [3.8, 4) is 0 Å². The van der Waals surface area contributed by atoms with Gasteiger partial charge in [0.05, 0.1) is 18.8 Å². The average Bonchev–Trinajstić information content (AvgIpc) is 2.60. The van der Waals surface area contributed by atoms with Gasteiger partial charge in [-0.2, -0.15) is 0 Å². The lowest BCUT2D eigenvalue weighted by Crippen LogP contribution is -2.20. The second-order valence-corrected chi connectivity index (χ2v) is 3.70. The zero-order valence-electron chi connectivity index (χ0n) is 8.52.